The fraction of sp³-hybridized carbons (Fsp3) is 0.357. The molecule has 0 atom stereocenters. The molecule has 0 radical (unpaired) electrons. The van der Waals surface area contributed by atoms with Crippen LogP contribution in [0.2, 0.25) is 0 Å². The fourth-order valence-electron chi connectivity index (χ4n) is 1.48. The van der Waals surface area contributed by atoms with Crippen LogP contribution in [0.25, 0.3) is 0 Å². The van der Waals surface area contributed by atoms with Crippen LogP contribution in [0.1, 0.15) is 31.1 Å². The standard InChI is InChI=1S/C14H14N2O/c1-13(2,14(3,9-15)10-16)12(17)11-7-5-4-6-8-11/h4-8H,1-3H3. The van der Waals surface area contributed by atoms with Crippen molar-refractivity contribution < 1.29 is 4.79 Å². The highest BCUT2D eigenvalue weighted by Gasteiger charge is 2.47. The van der Waals surface area contributed by atoms with E-state index in [-0.39, 0.29) is 5.78 Å². The van der Waals surface area contributed by atoms with Gasteiger partial charge in [-0.3, -0.25) is 4.79 Å². The van der Waals surface area contributed by atoms with Crippen molar-refractivity contribution >= 4 is 5.78 Å². The Labute approximate surface area is 101 Å². The molecule has 1 aromatic rings. The minimum absolute atomic E-state index is 0.191. The van der Waals surface area contributed by atoms with Gasteiger partial charge in [0, 0.05) is 5.56 Å². The maximum absolute atomic E-state index is 12.3. The van der Waals surface area contributed by atoms with Crippen molar-refractivity contribution in [2.45, 2.75) is 20.8 Å². The number of carbonyl (C=O) groups excluding carboxylic acids is 1. The van der Waals surface area contributed by atoms with E-state index < -0.39 is 10.8 Å². The van der Waals surface area contributed by atoms with Crippen LogP contribution in [0.3, 0.4) is 0 Å². The second kappa shape index (κ2) is 4.39. The third-order valence-electron chi connectivity index (χ3n) is 3.30. The summed E-state index contributed by atoms with van der Waals surface area (Å²) in [6.07, 6.45) is 0. The number of Topliss-reactive ketones (excluding diaryl/α,β-unsaturated/α-hetero) is 1. The quantitative estimate of drug-likeness (QED) is 0.744. The molecule has 1 aromatic carbocycles. The minimum Gasteiger partial charge on any atom is -0.293 e. The van der Waals surface area contributed by atoms with Gasteiger partial charge in [0.2, 0.25) is 0 Å². The van der Waals surface area contributed by atoms with E-state index in [1.165, 1.54) is 6.92 Å². The lowest BCUT2D eigenvalue weighted by atomic mass is 9.65. The summed E-state index contributed by atoms with van der Waals surface area (Å²) in [5.41, 5.74) is -1.85. The molecule has 0 aliphatic carbocycles. The Morgan fingerprint density at radius 3 is 1.94 bits per heavy atom. The molecule has 0 saturated carbocycles. The predicted molar refractivity (Wildman–Crippen MR) is 63.9 cm³/mol. The number of carbonyl (C=O) groups is 1. The Balaban J connectivity index is 3.22. The molecule has 0 amide bonds. The van der Waals surface area contributed by atoms with Crippen LogP contribution in [0.5, 0.6) is 0 Å². The van der Waals surface area contributed by atoms with Gasteiger partial charge in [0.15, 0.2) is 11.2 Å². The molecule has 0 aliphatic rings. The highest BCUT2D eigenvalue weighted by Crippen LogP contribution is 2.40. The van der Waals surface area contributed by atoms with Crippen molar-refractivity contribution in [2.75, 3.05) is 0 Å². The second-order valence-corrected chi connectivity index (χ2v) is 4.67. The van der Waals surface area contributed by atoms with Crippen LogP contribution in [-0.4, -0.2) is 5.78 Å². The third kappa shape index (κ3) is 2.05. The van der Waals surface area contributed by atoms with Crippen molar-refractivity contribution in [2.24, 2.45) is 10.8 Å². The van der Waals surface area contributed by atoms with E-state index in [0.717, 1.165) is 0 Å². The first-order valence-electron chi connectivity index (χ1n) is 5.31. The monoisotopic (exact) mass is 226 g/mol. The van der Waals surface area contributed by atoms with Crippen molar-refractivity contribution in [3.8, 4) is 12.1 Å². The molecular formula is C14H14N2O. The molecule has 0 aliphatic heterocycles. The molecular weight excluding hydrogens is 212 g/mol. The average molecular weight is 226 g/mol. The molecule has 0 heterocycles. The Bertz CT molecular complexity index is 489. The Hall–Kier alpha value is -2.13. The first kappa shape index (κ1) is 12.9. The van der Waals surface area contributed by atoms with Gasteiger partial charge in [0.25, 0.3) is 0 Å². The zero-order valence-corrected chi connectivity index (χ0v) is 10.2. The number of ketones is 1. The summed E-state index contributed by atoms with van der Waals surface area (Å²) in [5.74, 6) is -0.191. The second-order valence-electron chi connectivity index (χ2n) is 4.67. The van der Waals surface area contributed by atoms with Gasteiger partial charge < -0.3 is 0 Å². The summed E-state index contributed by atoms with van der Waals surface area (Å²) < 4.78 is 0. The number of rotatable bonds is 3. The first-order valence-corrected chi connectivity index (χ1v) is 5.31. The molecule has 0 fully saturated rings. The van der Waals surface area contributed by atoms with Gasteiger partial charge in [-0.2, -0.15) is 10.5 Å². The SMILES string of the molecule is CC(C#N)(C#N)C(C)(C)C(=O)c1ccccc1. The van der Waals surface area contributed by atoms with Gasteiger partial charge in [-0.25, -0.2) is 0 Å². The summed E-state index contributed by atoms with van der Waals surface area (Å²) >= 11 is 0. The topological polar surface area (TPSA) is 64.7 Å². The first-order chi connectivity index (χ1) is 7.89. The highest BCUT2D eigenvalue weighted by atomic mass is 16.1. The van der Waals surface area contributed by atoms with E-state index in [9.17, 15) is 4.79 Å². The van der Waals surface area contributed by atoms with Gasteiger partial charge in [-0.05, 0) is 20.8 Å². The number of hydrogen-bond acceptors (Lipinski definition) is 3. The normalized spacial score (nSPS) is 11.4. The molecule has 3 nitrogen and oxygen atoms in total. The molecule has 0 spiro atoms. The zero-order valence-electron chi connectivity index (χ0n) is 10.2. The molecule has 86 valence electrons. The lowest BCUT2D eigenvalue weighted by Crippen LogP contribution is -2.39. The number of benzene rings is 1. The van der Waals surface area contributed by atoms with E-state index >= 15 is 0 Å². The van der Waals surface area contributed by atoms with E-state index in [2.05, 4.69) is 0 Å². The van der Waals surface area contributed by atoms with Gasteiger partial charge in [0.1, 0.15) is 0 Å². The molecule has 0 unspecified atom stereocenters. The van der Waals surface area contributed by atoms with Crippen LogP contribution < -0.4 is 0 Å². The van der Waals surface area contributed by atoms with E-state index in [4.69, 9.17) is 10.5 Å². The number of hydrogen-bond donors (Lipinski definition) is 0. The summed E-state index contributed by atoms with van der Waals surface area (Å²) in [6, 6.07) is 12.6. The van der Waals surface area contributed by atoms with Crippen molar-refractivity contribution in [3.05, 3.63) is 35.9 Å². The molecule has 0 aromatic heterocycles. The molecule has 0 bridgehead atoms. The molecule has 3 heteroatoms. The largest absolute Gasteiger partial charge is 0.293 e. The van der Waals surface area contributed by atoms with Gasteiger partial charge in [-0.15, -0.1) is 0 Å². The molecule has 17 heavy (non-hydrogen) atoms. The summed E-state index contributed by atoms with van der Waals surface area (Å²) in [7, 11) is 0. The van der Waals surface area contributed by atoms with Gasteiger partial charge >= 0.3 is 0 Å². The van der Waals surface area contributed by atoms with E-state index in [0.29, 0.717) is 5.56 Å². The van der Waals surface area contributed by atoms with Gasteiger partial charge in [-0.1, -0.05) is 30.3 Å². The highest BCUT2D eigenvalue weighted by molar-refractivity contribution is 6.01. The van der Waals surface area contributed by atoms with Crippen LogP contribution in [0, 0.1) is 33.5 Å². The Morgan fingerprint density at radius 1 is 1.06 bits per heavy atom. The number of nitrogens with zero attached hydrogens (tertiary/aromatic N) is 2. The van der Waals surface area contributed by atoms with Crippen LogP contribution in [-0.2, 0) is 0 Å². The lowest BCUT2D eigenvalue weighted by molar-refractivity contribution is 0.0738. The van der Waals surface area contributed by atoms with Gasteiger partial charge in [0.05, 0.1) is 17.6 Å². The van der Waals surface area contributed by atoms with Crippen molar-refractivity contribution in [3.63, 3.8) is 0 Å². The summed E-state index contributed by atoms with van der Waals surface area (Å²) in [4.78, 5) is 12.3. The fourth-order valence-corrected chi connectivity index (χ4v) is 1.48. The zero-order chi connectivity index (χ0) is 13.1. The number of nitriles is 2. The Morgan fingerprint density at radius 2 is 1.53 bits per heavy atom. The molecule has 1 rings (SSSR count). The van der Waals surface area contributed by atoms with Crippen molar-refractivity contribution in [1.29, 1.82) is 10.5 Å². The molecule has 0 N–H and O–H groups in total. The van der Waals surface area contributed by atoms with Crippen LogP contribution in [0.15, 0.2) is 30.3 Å². The van der Waals surface area contributed by atoms with Crippen LogP contribution in [0.4, 0.5) is 0 Å². The van der Waals surface area contributed by atoms with E-state index in [1.807, 2.05) is 18.2 Å². The molecule has 0 saturated heterocycles. The third-order valence-corrected chi connectivity index (χ3v) is 3.30. The summed E-state index contributed by atoms with van der Waals surface area (Å²) in [5, 5.41) is 18.2. The van der Waals surface area contributed by atoms with Crippen LogP contribution >= 0.6 is 0 Å². The van der Waals surface area contributed by atoms with Crippen molar-refractivity contribution in [1.82, 2.24) is 0 Å². The minimum atomic E-state index is -1.33. The average Bonchev–Trinajstić information content (AvgIpc) is 2.37. The Kier molecular flexibility index (Phi) is 3.34. The maximum Gasteiger partial charge on any atom is 0.171 e. The smallest absolute Gasteiger partial charge is 0.171 e. The maximum atomic E-state index is 12.3. The summed E-state index contributed by atoms with van der Waals surface area (Å²) in [6.45, 7) is 4.76. The lowest BCUT2D eigenvalue weighted by Gasteiger charge is -2.31. The van der Waals surface area contributed by atoms with E-state index in [1.54, 1.807) is 38.1 Å². The predicted octanol–water partition coefficient (Wildman–Crippen LogP) is 2.95.